The molecule has 5 aromatic carbocycles. The predicted octanol–water partition coefficient (Wildman–Crippen LogP) is 6.74. The van der Waals surface area contributed by atoms with Crippen LogP contribution in [-0.2, 0) is 0 Å². The number of hydrogen-bond donors (Lipinski definition) is 4. The van der Waals surface area contributed by atoms with Crippen LogP contribution in [0.3, 0.4) is 0 Å². The first kappa shape index (κ1) is 28.3. The first-order valence-corrected chi connectivity index (χ1v) is 12.6. The number of hydrogen-bond acceptors (Lipinski definition) is 4. The summed E-state index contributed by atoms with van der Waals surface area (Å²) in [5, 5.41) is 25.6. The largest absolute Gasteiger partial charge is 0.478 e. The second kappa shape index (κ2) is 12.9. The van der Waals surface area contributed by atoms with Gasteiger partial charge in [-0.15, -0.1) is 0 Å². The molecule has 8 heteroatoms. The number of benzene rings is 5. The first-order chi connectivity index (χ1) is 19.7. The van der Waals surface area contributed by atoms with Crippen LogP contribution in [0.1, 0.15) is 47.0 Å². The Hall–Kier alpha value is -5.76. The molecule has 0 atom stereocenters. The molecule has 0 unspecified atom stereocenters. The van der Waals surface area contributed by atoms with Crippen LogP contribution in [0.15, 0.2) is 115 Å². The van der Waals surface area contributed by atoms with E-state index in [1.807, 2.05) is 61.5 Å². The standard InChI is InChI=1S/C18H13NO3.C15H13NO3/c20-17(14-9-3-4-10-15(14)18(21)22)19-16-11-5-7-12-6-1-2-8-13(12)16;1-10-5-4-6-11(9-10)16-14(17)12-7-2-3-8-13(12)15(18)19/h1-11H,(H,19,20)(H,21,22);2-9H,1H3,(H,16,17)(H,18,19). The molecule has 0 spiro atoms. The number of aromatic carboxylic acids is 2. The Bertz CT molecular complexity index is 1760. The van der Waals surface area contributed by atoms with Gasteiger partial charge in [0.1, 0.15) is 0 Å². The molecule has 0 saturated carbocycles. The van der Waals surface area contributed by atoms with E-state index in [4.69, 9.17) is 5.11 Å². The Balaban J connectivity index is 0.000000191. The molecule has 5 rings (SSSR count). The Labute approximate surface area is 235 Å². The van der Waals surface area contributed by atoms with Gasteiger partial charge in [0, 0.05) is 16.8 Å². The molecule has 8 nitrogen and oxygen atoms in total. The predicted molar refractivity (Wildman–Crippen MR) is 158 cm³/mol. The molecule has 204 valence electrons. The van der Waals surface area contributed by atoms with Gasteiger partial charge in [0.05, 0.1) is 22.3 Å². The van der Waals surface area contributed by atoms with Gasteiger partial charge in [-0.05, 0) is 60.3 Å². The van der Waals surface area contributed by atoms with Crippen molar-refractivity contribution >= 4 is 45.9 Å². The molecule has 0 fully saturated rings. The normalized spacial score (nSPS) is 10.2. The zero-order chi connectivity index (χ0) is 29.4. The summed E-state index contributed by atoms with van der Waals surface area (Å²) in [6.07, 6.45) is 0. The molecule has 0 saturated heterocycles. The summed E-state index contributed by atoms with van der Waals surface area (Å²) in [7, 11) is 0. The number of aryl methyl sites for hydroxylation is 1. The van der Waals surface area contributed by atoms with Gasteiger partial charge < -0.3 is 20.8 Å². The molecule has 0 heterocycles. The highest BCUT2D eigenvalue weighted by Crippen LogP contribution is 2.24. The second-order valence-electron chi connectivity index (χ2n) is 9.01. The summed E-state index contributed by atoms with van der Waals surface area (Å²) in [6.45, 7) is 1.92. The monoisotopic (exact) mass is 546 g/mol. The van der Waals surface area contributed by atoms with Crippen molar-refractivity contribution in [2.75, 3.05) is 10.6 Å². The zero-order valence-electron chi connectivity index (χ0n) is 22.0. The Morgan fingerprint density at radius 2 is 1.02 bits per heavy atom. The molecular weight excluding hydrogens is 520 g/mol. The molecule has 4 N–H and O–H groups in total. The molecule has 0 radical (unpaired) electrons. The van der Waals surface area contributed by atoms with Crippen molar-refractivity contribution < 1.29 is 29.4 Å². The van der Waals surface area contributed by atoms with Crippen LogP contribution >= 0.6 is 0 Å². The number of rotatable bonds is 6. The molecule has 0 aliphatic carbocycles. The minimum atomic E-state index is -1.12. The number of amides is 2. The van der Waals surface area contributed by atoms with Gasteiger partial charge in [-0.25, -0.2) is 9.59 Å². The Morgan fingerprint density at radius 3 is 1.61 bits per heavy atom. The van der Waals surface area contributed by atoms with E-state index in [0.29, 0.717) is 11.4 Å². The van der Waals surface area contributed by atoms with Crippen LogP contribution < -0.4 is 10.6 Å². The van der Waals surface area contributed by atoms with Crippen molar-refractivity contribution in [1.29, 1.82) is 0 Å². The van der Waals surface area contributed by atoms with Crippen molar-refractivity contribution in [1.82, 2.24) is 0 Å². The van der Waals surface area contributed by atoms with Crippen LogP contribution in [0.2, 0.25) is 0 Å². The number of nitrogens with one attached hydrogen (secondary N) is 2. The van der Waals surface area contributed by atoms with Gasteiger partial charge in [-0.1, -0.05) is 72.8 Å². The van der Waals surface area contributed by atoms with Crippen LogP contribution in [0.4, 0.5) is 11.4 Å². The summed E-state index contributed by atoms with van der Waals surface area (Å²) < 4.78 is 0. The molecule has 0 aromatic heterocycles. The maximum absolute atomic E-state index is 12.4. The topological polar surface area (TPSA) is 133 Å². The van der Waals surface area contributed by atoms with E-state index in [-0.39, 0.29) is 22.3 Å². The molecule has 0 aliphatic heterocycles. The van der Waals surface area contributed by atoms with Gasteiger partial charge in [0.25, 0.3) is 11.8 Å². The lowest BCUT2D eigenvalue weighted by molar-refractivity contribution is 0.0683. The first-order valence-electron chi connectivity index (χ1n) is 12.6. The average molecular weight is 547 g/mol. The van der Waals surface area contributed by atoms with Gasteiger partial charge in [-0.3, -0.25) is 9.59 Å². The maximum Gasteiger partial charge on any atom is 0.336 e. The lowest BCUT2D eigenvalue weighted by atomic mass is 10.1. The van der Waals surface area contributed by atoms with E-state index in [1.54, 1.807) is 36.4 Å². The number of carbonyl (C=O) groups is 4. The number of fused-ring (bicyclic) bond motifs is 1. The lowest BCUT2D eigenvalue weighted by Gasteiger charge is -2.10. The fourth-order valence-electron chi connectivity index (χ4n) is 4.18. The van der Waals surface area contributed by atoms with Crippen molar-refractivity contribution in [3.8, 4) is 0 Å². The van der Waals surface area contributed by atoms with Gasteiger partial charge in [0.15, 0.2) is 0 Å². The Morgan fingerprint density at radius 1 is 0.537 bits per heavy atom. The SMILES string of the molecule is Cc1cccc(NC(=O)c2ccccc2C(=O)O)c1.O=C(O)c1ccccc1C(=O)Nc1cccc2ccccc12. The fraction of sp³-hybridized carbons (Fsp3) is 0.0303. The number of carboxylic acid groups (broad SMARTS) is 2. The fourth-order valence-corrected chi connectivity index (χ4v) is 4.18. The van der Waals surface area contributed by atoms with Crippen LogP contribution in [-0.4, -0.2) is 34.0 Å². The lowest BCUT2D eigenvalue weighted by Crippen LogP contribution is -2.16. The quantitative estimate of drug-likeness (QED) is 0.187. The van der Waals surface area contributed by atoms with E-state index in [1.165, 1.54) is 24.3 Å². The third-order valence-corrected chi connectivity index (χ3v) is 6.12. The molecule has 41 heavy (non-hydrogen) atoms. The van der Waals surface area contributed by atoms with E-state index in [2.05, 4.69) is 10.6 Å². The maximum atomic E-state index is 12.4. The zero-order valence-corrected chi connectivity index (χ0v) is 22.0. The van der Waals surface area contributed by atoms with Crippen molar-refractivity contribution in [2.45, 2.75) is 6.92 Å². The average Bonchev–Trinajstić information content (AvgIpc) is 2.97. The van der Waals surface area contributed by atoms with Gasteiger partial charge >= 0.3 is 11.9 Å². The third-order valence-electron chi connectivity index (χ3n) is 6.12. The number of anilines is 2. The molecule has 2 amide bonds. The number of carbonyl (C=O) groups excluding carboxylic acids is 2. The van der Waals surface area contributed by atoms with Crippen molar-refractivity contribution in [3.05, 3.63) is 143 Å². The van der Waals surface area contributed by atoms with E-state index < -0.39 is 23.8 Å². The minimum Gasteiger partial charge on any atom is -0.478 e. The van der Waals surface area contributed by atoms with Crippen LogP contribution in [0, 0.1) is 6.92 Å². The number of carboxylic acids is 2. The van der Waals surface area contributed by atoms with Gasteiger partial charge in [-0.2, -0.15) is 0 Å². The van der Waals surface area contributed by atoms with E-state index >= 15 is 0 Å². The highest BCUT2D eigenvalue weighted by Gasteiger charge is 2.17. The Kier molecular flexibility index (Phi) is 8.86. The van der Waals surface area contributed by atoms with Crippen molar-refractivity contribution in [2.24, 2.45) is 0 Å². The minimum absolute atomic E-state index is 0.00680. The van der Waals surface area contributed by atoms with Gasteiger partial charge in [0.2, 0.25) is 0 Å². The van der Waals surface area contributed by atoms with Crippen LogP contribution in [0.25, 0.3) is 10.8 Å². The highest BCUT2D eigenvalue weighted by molar-refractivity contribution is 6.13. The van der Waals surface area contributed by atoms with E-state index in [9.17, 15) is 24.3 Å². The summed E-state index contributed by atoms with van der Waals surface area (Å²) >= 11 is 0. The smallest absolute Gasteiger partial charge is 0.336 e. The molecule has 5 aromatic rings. The molecule has 0 bridgehead atoms. The summed E-state index contributed by atoms with van der Waals surface area (Å²) in [5.41, 5.74) is 2.59. The second-order valence-corrected chi connectivity index (χ2v) is 9.01. The summed E-state index contributed by atoms with van der Waals surface area (Å²) in [5.74, 6) is -3.10. The van der Waals surface area contributed by atoms with E-state index in [0.717, 1.165) is 16.3 Å². The van der Waals surface area contributed by atoms with Crippen molar-refractivity contribution in [3.63, 3.8) is 0 Å². The third kappa shape index (κ3) is 7.01. The highest BCUT2D eigenvalue weighted by atomic mass is 16.4. The molecular formula is C33H26N2O6. The summed E-state index contributed by atoms with van der Waals surface area (Å²) in [6, 6.07) is 32.9. The molecule has 0 aliphatic rings. The summed E-state index contributed by atoms with van der Waals surface area (Å²) in [4.78, 5) is 46.7. The van der Waals surface area contributed by atoms with Crippen LogP contribution in [0.5, 0.6) is 0 Å².